The van der Waals surface area contributed by atoms with Crippen LogP contribution in [0.1, 0.15) is 32.5 Å². The molecule has 104 valence electrons. The van der Waals surface area contributed by atoms with Gasteiger partial charge in [-0.1, -0.05) is 31.5 Å². The molecule has 0 saturated heterocycles. The van der Waals surface area contributed by atoms with E-state index in [2.05, 4.69) is 29.5 Å². The SMILES string of the molecule is CCCCc1nc2c(N)nc3ccccc3c2n1CC. The number of fused-ring (bicyclic) bond motifs is 3. The lowest BCUT2D eigenvalue weighted by Crippen LogP contribution is -2.02. The second kappa shape index (κ2) is 5.12. The summed E-state index contributed by atoms with van der Waals surface area (Å²) in [5.74, 6) is 1.65. The van der Waals surface area contributed by atoms with Crippen molar-refractivity contribution in [3.05, 3.63) is 30.1 Å². The van der Waals surface area contributed by atoms with E-state index in [1.165, 1.54) is 6.42 Å². The molecule has 0 aliphatic carbocycles. The van der Waals surface area contributed by atoms with Gasteiger partial charge < -0.3 is 10.3 Å². The van der Waals surface area contributed by atoms with Crippen molar-refractivity contribution < 1.29 is 0 Å². The van der Waals surface area contributed by atoms with E-state index in [1.54, 1.807) is 0 Å². The van der Waals surface area contributed by atoms with Crippen LogP contribution in [0.15, 0.2) is 24.3 Å². The van der Waals surface area contributed by atoms with Gasteiger partial charge in [0.2, 0.25) is 0 Å². The third-order valence-corrected chi connectivity index (χ3v) is 3.76. The lowest BCUT2D eigenvalue weighted by Gasteiger charge is -2.07. The van der Waals surface area contributed by atoms with E-state index >= 15 is 0 Å². The van der Waals surface area contributed by atoms with Crippen molar-refractivity contribution >= 4 is 27.8 Å². The number of hydrogen-bond donors (Lipinski definition) is 1. The van der Waals surface area contributed by atoms with Crippen LogP contribution in [-0.4, -0.2) is 14.5 Å². The van der Waals surface area contributed by atoms with Crippen LogP contribution in [0.2, 0.25) is 0 Å². The molecule has 2 N–H and O–H groups in total. The fourth-order valence-corrected chi connectivity index (χ4v) is 2.77. The zero-order chi connectivity index (χ0) is 14.1. The van der Waals surface area contributed by atoms with Gasteiger partial charge in [-0.05, 0) is 19.4 Å². The van der Waals surface area contributed by atoms with E-state index in [0.29, 0.717) is 5.82 Å². The molecule has 1 aromatic carbocycles. The molecular formula is C16H20N4. The summed E-state index contributed by atoms with van der Waals surface area (Å²) in [6, 6.07) is 8.13. The Morgan fingerprint density at radius 3 is 2.70 bits per heavy atom. The zero-order valence-electron chi connectivity index (χ0n) is 12.1. The van der Waals surface area contributed by atoms with Crippen LogP contribution in [0.4, 0.5) is 5.82 Å². The largest absolute Gasteiger partial charge is 0.382 e. The minimum Gasteiger partial charge on any atom is -0.382 e. The van der Waals surface area contributed by atoms with Gasteiger partial charge in [0.15, 0.2) is 5.82 Å². The van der Waals surface area contributed by atoms with Crippen LogP contribution in [0, 0.1) is 0 Å². The number of anilines is 1. The standard InChI is InChI=1S/C16H20N4/c1-3-5-10-13-19-14-15(20(13)4-2)11-8-6-7-9-12(11)18-16(14)17/h6-9H,3-5,10H2,1-2H3,(H2,17,18). The van der Waals surface area contributed by atoms with Gasteiger partial charge in [-0.15, -0.1) is 0 Å². The second-order valence-corrected chi connectivity index (χ2v) is 5.09. The van der Waals surface area contributed by atoms with Crippen LogP contribution in [0.5, 0.6) is 0 Å². The molecule has 2 aromatic heterocycles. The quantitative estimate of drug-likeness (QED) is 0.787. The molecule has 0 spiro atoms. The van der Waals surface area contributed by atoms with Gasteiger partial charge in [-0.2, -0.15) is 0 Å². The highest BCUT2D eigenvalue weighted by Gasteiger charge is 2.15. The predicted octanol–water partition coefficient (Wildman–Crippen LogP) is 3.53. The van der Waals surface area contributed by atoms with Crippen LogP contribution < -0.4 is 5.73 Å². The van der Waals surface area contributed by atoms with Crippen LogP contribution >= 0.6 is 0 Å². The predicted molar refractivity (Wildman–Crippen MR) is 83.7 cm³/mol. The topological polar surface area (TPSA) is 56.7 Å². The minimum absolute atomic E-state index is 0.531. The number of para-hydroxylation sites is 1. The number of rotatable bonds is 4. The number of unbranched alkanes of at least 4 members (excludes halogenated alkanes) is 1. The molecule has 0 amide bonds. The number of imidazole rings is 1. The maximum atomic E-state index is 6.10. The summed E-state index contributed by atoms with van der Waals surface area (Å²) in [6.45, 7) is 5.26. The average Bonchev–Trinajstić information content (AvgIpc) is 2.84. The molecule has 0 radical (unpaired) electrons. The summed E-state index contributed by atoms with van der Waals surface area (Å²) >= 11 is 0. The second-order valence-electron chi connectivity index (χ2n) is 5.09. The summed E-state index contributed by atoms with van der Waals surface area (Å²) in [7, 11) is 0. The molecule has 20 heavy (non-hydrogen) atoms. The molecule has 0 unspecified atom stereocenters. The lowest BCUT2D eigenvalue weighted by atomic mass is 10.2. The first kappa shape index (κ1) is 12.9. The Bertz CT molecular complexity index is 758. The van der Waals surface area contributed by atoms with E-state index in [0.717, 1.165) is 47.1 Å². The molecule has 0 fully saturated rings. The Kier molecular flexibility index (Phi) is 3.30. The molecule has 0 saturated carbocycles. The number of nitrogens with zero attached hydrogens (tertiary/aromatic N) is 3. The average molecular weight is 268 g/mol. The molecular weight excluding hydrogens is 248 g/mol. The van der Waals surface area contributed by atoms with E-state index in [4.69, 9.17) is 10.7 Å². The lowest BCUT2D eigenvalue weighted by molar-refractivity contribution is 0.676. The van der Waals surface area contributed by atoms with E-state index in [9.17, 15) is 0 Å². The maximum Gasteiger partial charge on any atom is 0.152 e. The highest BCUT2D eigenvalue weighted by Crippen LogP contribution is 2.29. The van der Waals surface area contributed by atoms with Crippen molar-refractivity contribution in [2.45, 2.75) is 39.7 Å². The molecule has 3 aromatic rings. The molecule has 0 aliphatic heterocycles. The van der Waals surface area contributed by atoms with E-state index < -0.39 is 0 Å². The van der Waals surface area contributed by atoms with Crippen LogP contribution in [0.25, 0.3) is 21.9 Å². The molecule has 4 nitrogen and oxygen atoms in total. The number of benzene rings is 1. The number of aryl methyl sites for hydroxylation is 2. The van der Waals surface area contributed by atoms with Crippen molar-refractivity contribution in [3.8, 4) is 0 Å². The highest BCUT2D eigenvalue weighted by molar-refractivity contribution is 6.06. The van der Waals surface area contributed by atoms with Crippen molar-refractivity contribution in [2.24, 2.45) is 0 Å². The molecule has 3 rings (SSSR count). The Morgan fingerprint density at radius 2 is 1.95 bits per heavy atom. The Morgan fingerprint density at radius 1 is 1.15 bits per heavy atom. The van der Waals surface area contributed by atoms with Gasteiger partial charge in [0.25, 0.3) is 0 Å². The van der Waals surface area contributed by atoms with Crippen molar-refractivity contribution in [3.63, 3.8) is 0 Å². The fraction of sp³-hybridized carbons (Fsp3) is 0.375. The summed E-state index contributed by atoms with van der Waals surface area (Å²) in [5, 5.41) is 1.13. The number of aromatic nitrogens is 3. The molecule has 2 heterocycles. The maximum absolute atomic E-state index is 6.10. The first-order valence-electron chi connectivity index (χ1n) is 7.29. The first-order chi connectivity index (χ1) is 9.76. The van der Waals surface area contributed by atoms with Gasteiger partial charge in [-0.3, -0.25) is 0 Å². The van der Waals surface area contributed by atoms with E-state index in [1.807, 2.05) is 18.2 Å². The monoisotopic (exact) mass is 268 g/mol. The van der Waals surface area contributed by atoms with Gasteiger partial charge in [-0.25, -0.2) is 9.97 Å². The Hall–Kier alpha value is -2.10. The number of pyridine rings is 1. The zero-order valence-corrected chi connectivity index (χ0v) is 12.1. The third-order valence-electron chi connectivity index (χ3n) is 3.76. The van der Waals surface area contributed by atoms with Crippen molar-refractivity contribution in [2.75, 3.05) is 5.73 Å². The fourth-order valence-electron chi connectivity index (χ4n) is 2.77. The van der Waals surface area contributed by atoms with Gasteiger partial charge in [0.05, 0.1) is 11.0 Å². The number of nitrogens with two attached hydrogens (primary N) is 1. The Labute approximate surface area is 118 Å². The van der Waals surface area contributed by atoms with E-state index in [-0.39, 0.29) is 0 Å². The minimum atomic E-state index is 0.531. The number of nitrogen functional groups attached to an aromatic ring is 1. The highest BCUT2D eigenvalue weighted by atomic mass is 15.1. The summed E-state index contributed by atoms with van der Waals surface area (Å²) in [4.78, 5) is 9.22. The summed E-state index contributed by atoms with van der Waals surface area (Å²) < 4.78 is 2.28. The normalized spacial score (nSPS) is 11.5. The molecule has 0 atom stereocenters. The Balaban J connectivity index is 2.35. The van der Waals surface area contributed by atoms with Gasteiger partial charge in [0, 0.05) is 18.4 Å². The summed E-state index contributed by atoms with van der Waals surface area (Å²) in [5.41, 5.74) is 9.01. The number of hydrogen-bond acceptors (Lipinski definition) is 3. The molecule has 4 heteroatoms. The summed E-state index contributed by atoms with van der Waals surface area (Å²) in [6.07, 6.45) is 3.31. The van der Waals surface area contributed by atoms with Gasteiger partial charge in [0.1, 0.15) is 11.3 Å². The molecule has 0 bridgehead atoms. The first-order valence-corrected chi connectivity index (χ1v) is 7.29. The third kappa shape index (κ3) is 1.92. The van der Waals surface area contributed by atoms with Crippen LogP contribution in [0.3, 0.4) is 0 Å². The van der Waals surface area contributed by atoms with Crippen molar-refractivity contribution in [1.29, 1.82) is 0 Å². The van der Waals surface area contributed by atoms with Crippen LogP contribution in [-0.2, 0) is 13.0 Å². The smallest absolute Gasteiger partial charge is 0.152 e. The van der Waals surface area contributed by atoms with Crippen molar-refractivity contribution in [1.82, 2.24) is 14.5 Å². The van der Waals surface area contributed by atoms with Gasteiger partial charge >= 0.3 is 0 Å². The molecule has 0 aliphatic rings.